The van der Waals surface area contributed by atoms with E-state index in [0.29, 0.717) is 32.5 Å². The number of H-pyrrole nitrogens is 1. The van der Waals surface area contributed by atoms with Gasteiger partial charge in [0.1, 0.15) is 5.69 Å². The van der Waals surface area contributed by atoms with Gasteiger partial charge in [-0.1, -0.05) is 103 Å². The number of hydrogen-bond donors (Lipinski definition) is 2. The Morgan fingerprint density at radius 1 is 0.827 bits per heavy atom. The summed E-state index contributed by atoms with van der Waals surface area (Å²) in [5.41, 5.74) is 7.14. The van der Waals surface area contributed by atoms with Crippen molar-refractivity contribution in [2.75, 3.05) is 36.4 Å². The molecule has 1 aliphatic carbocycles. The van der Waals surface area contributed by atoms with E-state index in [-0.39, 0.29) is 11.9 Å². The zero-order chi connectivity index (χ0) is 35.8. The number of anilines is 2. The van der Waals surface area contributed by atoms with Gasteiger partial charge in [0.2, 0.25) is 0 Å². The molecule has 2 fully saturated rings. The molecule has 1 amide bonds. The molecule has 1 aliphatic heterocycles. The number of benzene rings is 4. The highest BCUT2D eigenvalue weighted by molar-refractivity contribution is 6.32. The van der Waals surface area contributed by atoms with Crippen LogP contribution in [0.1, 0.15) is 61.1 Å². The van der Waals surface area contributed by atoms with Crippen molar-refractivity contribution in [1.82, 2.24) is 19.4 Å². The van der Waals surface area contributed by atoms with Crippen molar-refractivity contribution in [1.29, 1.82) is 0 Å². The number of halogens is 3. The molecule has 2 N–H and O–H groups in total. The number of carbonyl (C=O) groups excluding carboxylic acids is 1. The molecule has 6 aromatic rings. The molecule has 0 radical (unpaired) electrons. The summed E-state index contributed by atoms with van der Waals surface area (Å²) in [6.07, 6.45) is 8.46. The first-order valence-corrected chi connectivity index (χ1v) is 19.3. The van der Waals surface area contributed by atoms with Gasteiger partial charge in [0.05, 0.1) is 35.1 Å². The summed E-state index contributed by atoms with van der Waals surface area (Å²) in [5, 5.41) is 5.94. The van der Waals surface area contributed by atoms with Crippen LogP contribution in [-0.4, -0.2) is 57.6 Å². The van der Waals surface area contributed by atoms with Crippen molar-refractivity contribution in [3.63, 3.8) is 0 Å². The lowest BCUT2D eigenvalue weighted by atomic mass is 9.94. The SMILES string of the molecule is C[C@@H](c1ccc(Cl)cc1)n1cnc(-c2ccccc2)c1-c1c(C(=O)Nc2cc(Cl)ccc2N2CCN(C3CCCCC3)CC2)[nH]c2cc(Cl)ccc12. The van der Waals surface area contributed by atoms with E-state index in [1.165, 1.54) is 32.1 Å². The van der Waals surface area contributed by atoms with E-state index in [0.717, 1.165) is 70.8 Å². The Balaban J connectivity index is 1.20. The Morgan fingerprint density at radius 3 is 2.27 bits per heavy atom. The van der Waals surface area contributed by atoms with Crippen molar-refractivity contribution in [2.45, 2.75) is 51.1 Å². The minimum Gasteiger partial charge on any atom is -0.367 e. The van der Waals surface area contributed by atoms with Gasteiger partial charge < -0.3 is 19.8 Å². The number of nitrogens with one attached hydrogen (secondary N) is 2. The molecule has 2 aliphatic rings. The molecule has 7 nitrogen and oxygen atoms in total. The van der Waals surface area contributed by atoms with Crippen molar-refractivity contribution < 1.29 is 4.79 Å². The molecular formula is C42H41Cl3N6O. The first-order chi connectivity index (χ1) is 25.3. The molecule has 0 spiro atoms. The van der Waals surface area contributed by atoms with E-state index >= 15 is 0 Å². The van der Waals surface area contributed by atoms with Crippen molar-refractivity contribution in [3.8, 4) is 22.5 Å². The molecule has 3 heterocycles. The zero-order valence-electron chi connectivity index (χ0n) is 29.1. The molecule has 266 valence electrons. The van der Waals surface area contributed by atoms with Gasteiger partial charge in [-0.2, -0.15) is 0 Å². The smallest absolute Gasteiger partial charge is 0.272 e. The maximum atomic E-state index is 14.7. The van der Waals surface area contributed by atoms with E-state index < -0.39 is 0 Å². The lowest BCUT2D eigenvalue weighted by Gasteiger charge is -2.42. The average molecular weight is 752 g/mol. The Morgan fingerprint density at radius 2 is 1.52 bits per heavy atom. The fourth-order valence-electron chi connectivity index (χ4n) is 8.04. The molecule has 52 heavy (non-hydrogen) atoms. The zero-order valence-corrected chi connectivity index (χ0v) is 31.4. The van der Waals surface area contributed by atoms with Crippen LogP contribution in [-0.2, 0) is 0 Å². The molecule has 10 heteroatoms. The van der Waals surface area contributed by atoms with Crippen LogP contribution in [0.5, 0.6) is 0 Å². The number of carbonyl (C=O) groups is 1. The second-order valence-corrected chi connectivity index (χ2v) is 15.2. The van der Waals surface area contributed by atoms with Crippen LogP contribution < -0.4 is 10.2 Å². The Labute approximate surface area is 319 Å². The predicted octanol–water partition coefficient (Wildman–Crippen LogP) is 11.0. The minimum atomic E-state index is -0.280. The van der Waals surface area contributed by atoms with Gasteiger partial charge in [-0.25, -0.2) is 4.98 Å². The van der Waals surface area contributed by atoms with E-state index in [1.54, 1.807) is 0 Å². The van der Waals surface area contributed by atoms with Crippen LogP contribution >= 0.6 is 34.8 Å². The standard InChI is InChI=1S/C42H41Cl3N6O/c1-27(28-12-14-30(43)15-13-28)51-26-46-39(29-8-4-2-5-9-29)41(51)38-34-18-16-31(44)24-35(34)47-40(38)42(52)48-36-25-32(45)17-19-37(36)50-22-20-49(21-23-50)33-10-6-3-7-11-33/h2,4-5,8-9,12-19,24-27,33,47H,3,6-7,10-11,20-23H2,1H3,(H,48,52)/t27-/m0/s1. The third-order valence-electron chi connectivity index (χ3n) is 10.8. The maximum Gasteiger partial charge on any atom is 0.272 e. The molecule has 1 atom stereocenters. The van der Waals surface area contributed by atoms with E-state index in [9.17, 15) is 4.79 Å². The first kappa shape index (κ1) is 34.8. The Kier molecular flexibility index (Phi) is 10.0. The van der Waals surface area contributed by atoms with Crippen LogP contribution in [0.2, 0.25) is 15.1 Å². The fourth-order valence-corrected chi connectivity index (χ4v) is 8.51. The number of imidazole rings is 1. The number of aromatic nitrogens is 3. The van der Waals surface area contributed by atoms with Crippen LogP contribution in [0.15, 0.2) is 97.3 Å². The first-order valence-electron chi connectivity index (χ1n) is 18.1. The topological polar surface area (TPSA) is 69.2 Å². The second-order valence-electron chi connectivity index (χ2n) is 13.9. The lowest BCUT2D eigenvalue weighted by molar-refractivity contribution is 0.102. The summed E-state index contributed by atoms with van der Waals surface area (Å²) in [5.74, 6) is -0.280. The van der Waals surface area contributed by atoms with Gasteiger partial charge in [0.25, 0.3) is 5.91 Å². The van der Waals surface area contributed by atoms with E-state index in [2.05, 4.69) is 31.6 Å². The highest BCUT2D eigenvalue weighted by Crippen LogP contribution is 2.42. The summed E-state index contributed by atoms with van der Waals surface area (Å²) >= 11 is 19.4. The summed E-state index contributed by atoms with van der Waals surface area (Å²) in [7, 11) is 0. The van der Waals surface area contributed by atoms with Crippen molar-refractivity contribution in [2.24, 2.45) is 0 Å². The number of piperazine rings is 1. The van der Waals surface area contributed by atoms with Crippen LogP contribution in [0.25, 0.3) is 33.4 Å². The van der Waals surface area contributed by atoms with E-state index in [1.807, 2.05) is 97.3 Å². The number of amides is 1. The Bertz CT molecular complexity index is 2200. The minimum absolute atomic E-state index is 0.128. The number of rotatable bonds is 8. The van der Waals surface area contributed by atoms with Gasteiger partial charge >= 0.3 is 0 Å². The molecule has 4 aromatic carbocycles. The third-order valence-corrected chi connectivity index (χ3v) is 11.5. The molecule has 8 rings (SSSR count). The van der Waals surface area contributed by atoms with Crippen molar-refractivity contribution >= 4 is 63.0 Å². The number of hydrogen-bond acceptors (Lipinski definition) is 4. The maximum absolute atomic E-state index is 14.7. The summed E-state index contributed by atoms with van der Waals surface area (Å²) in [6, 6.07) is 29.9. The summed E-state index contributed by atoms with van der Waals surface area (Å²) < 4.78 is 2.14. The van der Waals surface area contributed by atoms with Crippen LogP contribution in [0.4, 0.5) is 11.4 Å². The number of nitrogens with zero attached hydrogens (tertiary/aromatic N) is 4. The molecule has 1 saturated carbocycles. The fraction of sp³-hybridized carbons (Fsp3) is 0.286. The predicted molar refractivity (Wildman–Crippen MR) is 215 cm³/mol. The van der Waals surface area contributed by atoms with Crippen molar-refractivity contribution in [3.05, 3.63) is 124 Å². The second kappa shape index (κ2) is 15.0. The normalized spacial score (nSPS) is 16.3. The van der Waals surface area contributed by atoms with Gasteiger partial charge in [0.15, 0.2) is 0 Å². The van der Waals surface area contributed by atoms with Gasteiger partial charge in [-0.3, -0.25) is 9.69 Å². The van der Waals surface area contributed by atoms with Crippen LogP contribution in [0, 0.1) is 0 Å². The van der Waals surface area contributed by atoms with E-state index in [4.69, 9.17) is 39.8 Å². The number of aromatic amines is 1. The molecular weight excluding hydrogens is 711 g/mol. The molecule has 0 bridgehead atoms. The van der Waals surface area contributed by atoms with Crippen LogP contribution in [0.3, 0.4) is 0 Å². The third kappa shape index (κ3) is 6.95. The summed E-state index contributed by atoms with van der Waals surface area (Å²) in [4.78, 5) is 28.2. The molecule has 0 unspecified atom stereocenters. The molecule has 1 saturated heterocycles. The highest BCUT2D eigenvalue weighted by atomic mass is 35.5. The lowest BCUT2D eigenvalue weighted by Crippen LogP contribution is -2.51. The largest absolute Gasteiger partial charge is 0.367 e. The van der Waals surface area contributed by atoms with Gasteiger partial charge in [0, 0.05) is 69.3 Å². The average Bonchev–Trinajstić information content (AvgIpc) is 3.77. The molecule has 2 aromatic heterocycles. The summed E-state index contributed by atoms with van der Waals surface area (Å²) in [6.45, 7) is 5.91. The highest BCUT2D eigenvalue weighted by Gasteiger charge is 2.30. The Hall–Kier alpha value is -4.27. The number of fused-ring (bicyclic) bond motifs is 1. The quantitative estimate of drug-likeness (QED) is 0.162. The monoisotopic (exact) mass is 750 g/mol. The van der Waals surface area contributed by atoms with Gasteiger partial charge in [-0.05, 0) is 67.8 Å². The van der Waals surface area contributed by atoms with Gasteiger partial charge in [-0.15, -0.1) is 0 Å².